The molecule has 2 rings (SSSR count). The van der Waals surface area contributed by atoms with Crippen molar-refractivity contribution in [2.45, 2.75) is 92.1 Å². The monoisotopic (exact) mass is 527 g/mol. The fourth-order valence-electron chi connectivity index (χ4n) is 4.62. The molecule has 0 saturated heterocycles. The zero-order chi connectivity index (χ0) is 28.1. The van der Waals surface area contributed by atoms with Crippen molar-refractivity contribution >= 4 is 11.7 Å². The van der Waals surface area contributed by atoms with Gasteiger partial charge in [0.05, 0.1) is 32.0 Å². The molecule has 1 aromatic carbocycles. The average molecular weight is 528 g/mol. The van der Waals surface area contributed by atoms with E-state index < -0.39 is 6.10 Å². The van der Waals surface area contributed by atoms with Gasteiger partial charge in [-0.3, -0.25) is 4.79 Å². The van der Waals surface area contributed by atoms with Crippen LogP contribution in [0, 0.1) is 16.2 Å². The van der Waals surface area contributed by atoms with Crippen LogP contribution in [0.2, 0.25) is 0 Å². The van der Waals surface area contributed by atoms with E-state index in [1.165, 1.54) is 7.11 Å². The molecule has 1 fully saturated rings. The molecule has 0 heterocycles. The summed E-state index contributed by atoms with van der Waals surface area (Å²) in [5, 5.41) is 15.3. The topological polar surface area (TPSA) is 77.4 Å². The van der Waals surface area contributed by atoms with Crippen molar-refractivity contribution in [3.63, 3.8) is 0 Å². The van der Waals surface area contributed by atoms with Crippen LogP contribution >= 0.6 is 0 Å². The number of rotatable bonds is 15. The van der Waals surface area contributed by atoms with E-state index >= 15 is 0 Å². The standard InChI is InChI=1S/C32H49NO5/c1-30(2,25-29(35)36-6)22-24-38-33-27-17-10-12-20-32(27,5)21-13-11-18-28(34)31(3,4)19-14-23-37-26-15-8-7-9-16-26/h7-9,11,13,15-16,18,21,28,34H,10,12,14,17,19-20,22-25H2,1-6H3/b18-11+,21-13+,33-27+/t28-,32-/m0/s1. The minimum atomic E-state index is -0.548. The molecule has 0 bridgehead atoms. The van der Waals surface area contributed by atoms with Gasteiger partial charge in [0.1, 0.15) is 12.4 Å². The third-order valence-electron chi connectivity index (χ3n) is 7.56. The van der Waals surface area contributed by atoms with Crippen LogP contribution in [-0.4, -0.2) is 43.2 Å². The number of hydrogen-bond acceptors (Lipinski definition) is 6. The number of aliphatic hydroxyl groups excluding tert-OH is 1. The number of allylic oxidation sites excluding steroid dienone is 3. The van der Waals surface area contributed by atoms with Crippen LogP contribution in [0.15, 0.2) is 59.8 Å². The van der Waals surface area contributed by atoms with Gasteiger partial charge in [-0.2, -0.15) is 0 Å². The van der Waals surface area contributed by atoms with Gasteiger partial charge in [0.2, 0.25) is 0 Å². The molecule has 0 aliphatic heterocycles. The second kappa shape index (κ2) is 15.1. The van der Waals surface area contributed by atoms with Crippen LogP contribution in [-0.2, 0) is 14.4 Å². The zero-order valence-corrected chi connectivity index (χ0v) is 24.4. The number of oxime groups is 1. The lowest BCUT2D eigenvalue weighted by Crippen LogP contribution is -2.30. The van der Waals surface area contributed by atoms with E-state index in [2.05, 4.69) is 32.0 Å². The number of aliphatic hydroxyl groups is 1. The minimum Gasteiger partial charge on any atom is -0.494 e. The predicted molar refractivity (Wildman–Crippen MR) is 154 cm³/mol. The lowest BCUT2D eigenvalue weighted by Gasteiger charge is -2.32. The number of nitrogens with zero attached hydrogens (tertiary/aromatic N) is 1. The highest BCUT2D eigenvalue weighted by molar-refractivity contribution is 5.91. The van der Waals surface area contributed by atoms with Crippen LogP contribution in [0.3, 0.4) is 0 Å². The number of benzene rings is 1. The predicted octanol–water partition coefficient (Wildman–Crippen LogP) is 7.28. The number of hydrogen-bond donors (Lipinski definition) is 1. The Morgan fingerprint density at radius 3 is 2.55 bits per heavy atom. The summed E-state index contributed by atoms with van der Waals surface area (Å²) in [5.74, 6) is 0.674. The Bertz CT molecular complexity index is 934. The van der Waals surface area contributed by atoms with Crippen molar-refractivity contribution in [2.24, 2.45) is 21.4 Å². The smallest absolute Gasteiger partial charge is 0.306 e. The third kappa shape index (κ3) is 11.0. The molecule has 0 radical (unpaired) electrons. The molecule has 1 saturated carbocycles. The Balaban J connectivity index is 1.84. The normalized spacial score (nSPS) is 20.7. The molecule has 38 heavy (non-hydrogen) atoms. The molecule has 0 unspecified atom stereocenters. The first-order valence-corrected chi connectivity index (χ1v) is 14.0. The Labute approximate surface area is 230 Å². The fraction of sp³-hybridized carbons (Fsp3) is 0.625. The van der Waals surface area contributed by atoms with E-state index in [1.54, 1.807) is 0 Å². The highest BCUT2D eigenvalue weighted by Crippen LogP contribution is 2.36. The molecular formula is C32H49NO5. The second-order valence-corrected chi connectivity index (χ2v) is 12.1. The highest BCUT2D eigenvalue weighted by atomic mass is 16.6. The van der Waals surface area contributed by atoms with Crippen molar-refractivity contribution in [3.8, 4) is 5.75 Å². The second-order valence-electron chi connectivity index (χ2n) is 12.1. The summed E-state index contributed by atoms with van der Waals surface area (Å²) in [5.41, 5.74) is 0.441. The van der Waals surface area contributed by atoms with Crippen LogP contribution in [0.5, 0.6) is 5.75 Å². The summed E-state index contributed by atoms with van der Waals surface area (Å²) in [4.78, 5) is 17.3. The first kappa shape index (κ1) is 31.6. The van der Waals surface area contributed by atoms with E-state index in [4.69, 9.17) is 14.3 Å². The maximum Gasteiger partial charge on any atom is 0.306 e. The van der Waals surface area contributed by atoms with Crippen molar-refractivity contribution in [3.05, 3.63) is 54.6 Å². The maximum atomic E-state index is 11.6. The molecule has 0 spiro atoms. The van der Waals surface area contributed by atoms with E-state index in [9.17, 15) is 9.90 Å². The van der Waals surface area contributed by atoms with Gasteiger partial charge in [0.15, 0.2) is 0 Å². The lowest BCUT2D eigenvalue weighted by atomic mass is 9.74. The van der Waals surface area contributed by atoms with Gasteiger partial charge < -0.3 is 19.4 Å². The summed E-state index contributed by atoms with van der Waals surface area (Å²) in [6.07, 6.45) is 14.5. The molecule has 1 aromatic rings. The molecule has 212 valence electrons. The average Bonchev–Trinajstić information content (AvgIpc) is 2.88. The Kier molecular flexibility index (Phi) is 12.6. The maximum absolute atomic E-state index is 11.6. The summed E-state index contributed by atoms with van der Waals surface area (Å²) >= 11 is 0. The molecule has 1 aliphatic rings. The Hall–Kier alpha value is -2.60. The number of para-hydroxylation sites is 1. The number of carbonyl (C=O) groups excluding carboxylic acids is 1. The van der Waals surface area contributed by atoms with Gasteiger partial charge in [-0.15, -0.1) is 0 Å². The number of ether oxygens (including phenoxy) is 2. The van der Waals surface area contributed by atoms with Crippen molar-refractivity contribution in [1.82, 2.24) is 0 Å². The first-order chi connectivity index (χ1) is 18.0. The first-order valence-electron chi connectivity index (χ1n) is 14.0. The summed E-state index contributed by atoms with van der Waals surface area (Å²) < 4.78 is 10.6. The number of esters is 1. The van der Waals surface area contributed by atoms with Gasteiger partial charge in [0, 0.05) is 5.41 Å². The molecule has 1 aliphatic carbocycles. The Morgan fingerprint density at radius 1 is 1.11 bits per heavy atom. The fourth-order valence-corrected chi connectivity index (χ4v) is 4.62. The number of methoxy groups -OCH3 is 1. The SMILES string of the molecule is COC(=O)CC(C)(C)CCO/N=C1\CCCC[C@@]1(C)/C=C/C=C/[C@H](O)C(C)(C)CCCOc1ccccc1. The van der Waals surface area contributed by atoms with E-state index in [0.29, 0.717) is 19.6 Å². The van der Waals surface area contributed by atoms with Crippen molar-refractivity contribution in [1.29, 1.82) is 0 Å². The summed E-state index contributed by atoms with van der Waals surface area (Å²) in [6, 6.07) is 9.82. The number of carbonyl (C=O) groups is 1. The quantitative estimate of drug-likeness (QED) is 0.112. The Morgan fingerprint density at radius 2 is 1.84 bits per heavy atom. The van der Waals surface area contributed by atoms with Gasteiger partial charge in [-0.1, -0.05) is 88.7 Å². The van der Waals surface area contributed by atoms with E-state index in [0.717, 1.165) is 56.4 Å². The molecule has 1 N–H and O–H groups in total. The third-order valence-corrected chi connectivity index (χ3v) is 7.56. The molecule has 0 aromatic heterocycles. The van der Waals surface area contributed by atoms with Crippen LogP contribution < -0.4 is 4.74 Å². The minimum absolute atomic E-state index is 0.167. The molecule has 6 nitrogen and oxygen atoms in total. The molecular weight excluding hydrogens is 478 g/mol. The molecule has 6 heteroatoms. The lowest BCUT2D eigenvalue weighted by molar-refractivity contribution is -0.143. The van der Waals surface area contributed by atoms with Crippen LogP contribution in [0.1, 0.15) is 86.0 Å². The van der Waals surface area contributed by atoms with Gasteiger partial charge in [-0.05, 0) is 61.5 Å². The zero-order valence-electron chi connectivity index (χ0n) is 24.4. The van der Waals surface area contributed by atoms with Gasteiger partial charge >= 0.3 is 5.97 Å². The largest absolute Gasteiger partial charge is 0.494 e. The van der Waals surface area contributed by atoms with Gasteiger partial charge in [0.25, 0.3) is 0 Å². The van der Waals surface area contributed by atoms with E-state index in [-0.39, 0.29) is 22.2 Å². The highest BCUT2D eigenvalue weighted by Gasteiger charge is 2.31. The summed E-state index contributed by atoms with van der Waals surface area (Å²) in [6.45, 7) is 11.5. The van der Waals surface area contributed by atoms with Crippen molar-refractivity contribution in [2.75, 3.05) is 20.3 Å². The molecule has 2 atom stereocenters. The van der Waals surface area contributed by atoms with Gasteiger partial charge in [-0.25, -0.2) is 0 Å². The molecule has 0 amide bonds. The van der Waals surface area contributed by atoms with Crippen LogP contribution in [0.25, 0.3) is 0 Å². The van der Waals surface area contributed by atoms with Crippen molar-refractivity contribution < 1.29 is 24.2 Å². The summed E-state index contributed by atoms with van der Waals surface area (Å²) in [7, 11) is 1.42. The van der Waals surface area contributed by atoms with Crippen LogP contribution in [0.4, 0.5) is 0 Å². The van der Waals surface area contributed by atoms with E-state index in [1.807, 2.05) is 62.4 Å².